The van der Waals surface area contributed by atoms with Gasteiger partial charge in [-0.3, -0.25) is 0 Å². The normalized spacial score (nSPS) is 23.8. The van der Waals surface area contributed by atoms with E-state index in [4.69, 9.17) is 0 Å². The zero-order valence-corrected chi connectivity index (χ0v) is 12.6. The van der Waals surface area contributed by atoms with E-state index in [2.05, 4.69) is 29.6 Å². The van der Waals surface area contributed by atoms with Crippen LogP contribution in [0, 0.1) is 0 Å². The second-order valence-corrected chi connectivity index (χ2v) is 6.96. The highest BCUT2D eigenvalue weighted by atomic mass is 32.2. The van der Waals surface area contributed by atoms with Gasteiger partial charge in [0.25, 0.3) is 0 Å². The van der Waals surface area contributed by atoms with Gasteiger partial charge in [0, 0.05) is 30.1 Å². The first-order valence-electron chi connectivity index (χ1n) is 7.55. The van der Waals surface area contributed by atoms with Crippen LogP contribution in [0.25, 0.3) is 0 Å². The zero-order valence-electron chi connectivity index (χ0n) is 11.8. The Labute approximate surface area is 125 Å². The molecule has 4 heteroatoms. The van der Waals surface area contributed by atoms with Gasteiger partial charge in [-0.25, -0.2) is 4.79 Å². The predicted octanol–water partition coefficient (Wildman–Crippen LogP) is 3.43. The van der Waals surface area contributed by atoms with Crippen LogP contribution < -0.4 is 5.32 Å². The smallest absolute Gasteiger partial charge is 0.317 e. The highest BCUT2D eigenvalue weighted by Crippen LogP contribution is 2.33. The molecule has 20 heavy (non-hydrogen) atoms. The average molecular weight is 290 g/mol. The topological polar surface area (TPSA) is 32.3 Å². The molecule has 108 valence electrons. The monoisotopic (exact) mass is 290 g/mol. The summed E-state index contributed by atoms with van der Waals surface area (Å²) >= 11 is 1.96. The maximum atomic E-state index is 12.3. The summed E-state index contributed by atoms with van der Waals surface area (Å²) in [6, 6.07) is 11.1. The number of nitrogens with zero attached hydrogens (tertiary/aromatic N) is 1. The van der Waals surface area contributed by atoms with Crippen molar-refractivity contribution in [2.45, 2.75) is 37.0 Å². The van der Waals surface area contributed by atoms with Crippen molar-refractivity contribution in [1.82, 2.24) is 10.2 Å². The van der Waals surface area contributed by atoms with Crippen LogP contribution in [-0.2, 0) is 0 Å². The van der Waals surface area contributed by atoms with E-state index in [0.29, 0.717) is 11.3 Å². The molecule has 1 aromatic carbocycles. The standard InChI is InChI=1S/C16H22N2OS/c19-16(17-14-8-4-5-9-14)18-10-11-20-15(12-18)13-6-2-1-3-7-13/h1-3,6-7,14-15H,4-5,8-12H2,(H,17,19). The van der Waals surface area contributed by atoms with Gasteiger partial charge in [-0.1, -0.05) is 43.2 Å². The molecule has 0 aromatic heterocycles. The summed E-state index contributed by atoms with van der Waals surface area (Å²) < 4.78 is 0. The zero-order chi connectivity index (χ0) is 13.8. The molecule has 3 nitrogen and oxygen atoms in total. The molecule has 0 radical (unpaired) electrons. The highest BCUT2D eigenvalue weighted by Gasteiger charge is 2.27. The molecule has 2 fully saturated rings. The van der Waals surface area contributed by atoms with Crippen LogP contribution in [0.15, 0.2) is 30.3 Å². The molecule has 2 amide bonds. The van der Waals surface area contributed by atoms with Crippen molar-refractivity contribution < 1.29 is 4.79 Å². The minimum atomic E-state index is 0.137. The molecule has 0 bridgehead atoms. The van der Waals surface area contributed by atoms with Crippen molar-refractivity contribution in [3.8, 4) is 0 Å². The molecule has 3 rings (SSSR count). The maximum absolute atomic E-state index is 12.3. The number of urea groups is 1. The third-order valence-corrected chi connectivity index (χ3v) is 5.45. The van der Waals surface area contributed by atoms with Gasteiger partial charge in [0.05, 0.1) is 0 Å². The molecule has 1 N–H and O–H groups in total. The van der Waals surface area contributed by atoms with E-state index in [1.54, 1.807) is 0 Å². The Morgan fingerprint density at radius 1 is 1.20 bits per heavy atom. The number of rotatable bonds is 2. The molecule has 1 atom stereocenters. The lowest BCUT2D eigenvalue weighted by Gasteiger charge is -2.33. The summed E-state index contributed by atoms with van der Waals surface area (Å²) in [5.74, 6) is 1.03. The lowest BCUT2D eigenvalue weighted by atomic mass is 10.1. The van der Waals surface area contributed by atoms with Crippen LogP contribution in [0.3, 0.4) is 0 Å². The van der Waals surface area contributed by atoms with Gasteiger partial charge in [0.1, 0.15) is 0 Å². The summed E-state index contributed by atoms with van der Waals surface area (Å²) in [4.78, 5) is 14.3. The first kappa shape index (κ1) is 13.8. The Hall–Kier alpha value is -1.16. The Bertz CT molecular complexity index is 445. The molecular weight excluding hydrogens is 268 g/mol. The molecule has 1 aliphatic heterocycles. The third kappa shape index (κ3) is 3.29. The molecule has 1 aromatic rings. The van der Waals surface area contributed by atoms with Gasteiger partial charge in [0.15, 0.2) is 0 Å². The summed E-state index contributed by atoms with van der Waals surface area (Å²) in [6.07, 6.45) is 4.81. The molecule has 1 unspecified atom stereocenters. The van der Waals surface area contributed by atoms with Crippen LogP contribution in [0.5, 0.6) is 0 Å². The minimum Gasteiger partial charge on any atom is -0.335 e. The number of carbonyl (C=O) groups is 1. The molecule has 1 saturated heterocycles. The number of benzene rings is 1. The van der Waals surface area contributed by atoms with Gasteiger partial charge in [-0.15, -0.1) is 0 Å². The fraction of sp³-hybridized carbons (Fsp3) is 0.562. The van der Waals surface area contributed by atoms with Crippen molar-refractivity contribution in [2.24, 2.45) is 0 Å². The maximum Gasteiger partial charge on any atom is 0.317 e. The van der Waals surface area contributed by atoms with Gasteiger partial charge in [-0.2, -0.15) is 11.8 Å². The second-order valence-electron chi connectivity index (χ2n) is 5.65. The van der Waals surface area contributed by atoms with E-state index in [9.17, 15) is 4.79 Å². The molecule has 1 aliphatic carbocycles. The largest absolute Gasteiger partial charge is 0.335 e. The summed E-state index contributed by atoms with van der Waals surface area (Å²) in [7, 11) is 0. The SMILES string of the molecule is O=C(NC1CCCC1)N1CCSC(c2ccccc2)C1. The number of amides is 2. The van der Waals surface area contributed by atoms with E-state index in [-0.39, 0.29) is 6.03 Å². The van der Waals surface area contributed by atoms with Crippen molar-refractivity contribution >= 4 is 17.8 Å². The minimum absolute atomic E-state index is 0.137. The Morgan fingerprint density at radius 2 is 1.95 bits per heavy atom. The van der Waals surface area contributed by atoms with Crippen LogP contribution >= 0.6 is 11.8 Å². The van der Waals surface area contributed by atoms with Crippen molar-refractivity contribution in [3.05, 3.63) is 35.9 Å². The average Bonchev–Trinajstić information content (AvgIpc) is 3.01. The Kier molecular flexibility index (Phi) is 4.51. The van der Waals surface area contributed by atoms with E-state index in [1.807, 2.05) is 22.7 Å². The van der Waals surface area contributed by atoms with E-state index >= 15 is 0 Å². The van der Waals surface area contributed by atoms with E-state index in [0.717, 1.165) is 31.7 Å². The molecular formula is C16H22N2OS. The number of thioether (sulfide) groups is 1. The van der Waals surface area contributed by atoms with Crippen LogP contribution in [-0.4, -0.2) is 35.8 Å². The third-order valence-electron chi connectivity index (χ3n) is 4.21. The fourth-order valence-corrected chi connectivity index (χ4v) is 4.28. The first-order valence-corrected chi connectivity index (χ1v) is 8.60. The lowest BCUT2D eigenvalue weighted by Crippen LogP contribution is -2.47. The predicted molar refractivity (Wildman–Crippen MR) is 84.0 cm³/mol. The molecule has 1 heterocycles. The van der Waals surface area contributed by atoms with Crippen molar-refractivity contribution in [1.29, 1.82) is 0 Å². The highest BCUT2D eigenvalue weighted by molar-refractivity contribution is 7.99. The second kappa shape index (κ2) is 6.53. The van der Waals surface area contributed by atoms with Gasteiger partial charge in [-0.05, 0) is 18.4 Å². The number of carbonyl (C=O) groups excluding carboxylic acids is 1. The van der Waals surface area contributed by atoms with E-state index in [1.165, 1.54) is 18.4 Å². The van der Waals surface area contributed by atoms with Crippen LogP contribution in [0.1, 0.15) is 36.5 Å². The summed E-state index contributed by atoms with van der Waals surface area (Å²) in [6.45, 7) is 1.69. The summed E-state index contributed by atoms with van der Waals surface area (Å²) in [5, 5.41) is 3.61. The van der Waals surface area contributed by atoms with E-state index < -0.39 is 0 Å². The Balaban J connectivity index is 1.58. The summed E-state index contributed by atoms with van der Waals surface area (Å²) in [5.41, 5.74) is 1.33. The lowest BCUT2D eigenvalue weighted by molar-refractivity contribution is 0.195. The van der Waals surface area contributed by atoms with Crippen LogP contribution in [0.4, 0.5) is 4.79 Å². The molecule has 0 spiro atoms. The molecule has 2 aliphatic rings. The van der Waals surface area contributed by atoms with Gasteiger partial charge < -0.3 is 10.2 Å². The number of nitrogens with one attached hydrogen (secondary N) is 1. The van der Waals surface area contributed by atoms with Gasteiger partial charge in [0.2, 0.25) is 0 Å². The number of hydrogen-bond acceptors (Lipinski definition) is 2. The number of hydrogen-bond donors (Lipinski definition) is 1. The first-order chi connectivity index (χ1) is 9.83. The fourth-order valence-electron chi connectivity index (χ4n) is 3.04. The quantitative estimate of drug-likeness (QED) is 0.905. The van der Waals surface area contributed by atoms with Gasteiger partial charge >= 0.3 is 6.03 Å². The van der Waals surface area contributed by atoms with Crippen molar-refractivity contribution in [2.75, 3.05) is 18.8 Å². The van der Waals surface area contributed by atoms with Crippen molar-refractivity contribution in [3.63, 3.8) is 0 Å². The van der Waals surface area contributed by atoms with Crippen LogP contribution in [0.2, 0.25) is 0 Å². The molecule has 1 saturated carbocycles. The Morgan fingerprint density at radius 3 is 2.70 bits per heavy atom.